The van der Waals surface area contributed by atoms with Crippen LogP contribution in [0.25, 0.3) is 0 Å². The lowest BCUT2D eigenvalue weighted by atomic mass is 9.97. The molecule has 0 aliphatic carbocycles. The molecule has 1 atom stereocenters. The highest BCUT2D eigenvalue weighted by Crippen LogP contribution is 2.40. The number of anilines is 1. The fourth-order valence-corrected chi connectivity index (χ4v) is 3.35. The Morgan fingerprint density at radius 3 is 2.38 bits per heavy atom. The summed E-state index contributed by atoms with van der Waals surface area (Å²) in [5.74, 6) is -7.12. The molecular formula is C22H21F5N2O5. The standard InChI is InChI=1S/C22H21F5N2O5/c1-11(2)34-17-7-5-14(9-16(17)22(25,26)27)29-10-33-28-19(29)15-6-4-13(8-12(15)3)18(30)21(23,24)20(31)32/h4-9,11,18,30H,10H2,1-3H3,(H,31,32). The van der Waals surface area contributed by atoms with Crippen molar-refractivity contribution in [2.45, 2.75) is 45.1 Å². The van der Waals surface area contributed by atoms with E-state index in [0.717, 1.165) is 18.2 Å². The van der Waals surface area contributed by atoms with Crippen LogP contribution in [0.4, 0.5) is 27.6 Å². The van der Waals surface area contributed by atoms with E-state index < -0.39 is 35.8 Å². The number of aliphatic hydroxyl groups is 1. The molecule has 1 aliphatic rings. The summed E-state index contributed by atoms with van der Waals surface area (Å²) in [4.78, 5) is 17.2. The van der Waals surface area contributed by atoms with Crippen molar-refractivity contribution >= 4 is 17.5 Å². The number of aliphatic hydroxyl groups excluding tert-OH is 1. The number of alkyl halides is 5. The van der Waals surface area contributed by atoms with Gasteiger partial charge in [-0.3, -0.25) is 4.90 Å². The number of hydrogen-bond donors (Lipinski definition) is 2. The average Bonchev–Trinajstić information content (AvgIpc) is 3.21. The number of benzene rings is 2. The molecule has 7 nitrogen and oxygen atoms in total. The Bertz CT molecular complexity index is 1120. The molecule has 0 bridgehead atoms. The second-order valence-corrected chi connectivity index (χ2v) is 7.85. The number of ether oxygens (including phenoxy) is 1. The number of carboxylic acids is 1. The van der Waals surface area contributed by atoms with Crippen molar-refractivity contribution in [3.8, 4) is 5.75 Å². The van der Waals surface area contributed by atoms with Gasteiger partial charge in [-0.25, -0.2) is 4.79 Å². The Morgan fingerprint density at radius 1 is 1.15 bits per heavy atom. The highest BCUT2D eigenvalue weighted by Gasteiger charge is 2.47. The minimum atomic E-state index is -4.69. The Morgan fingerprint density at radius 2 is 1.82 bits per heavy atom. The number of rotatable bonds is 7. The van der Waals surface area contributed by atoms with E-state index in [-0.39, 0.29) is 29.6 Å². The molecule has 2 aromatic carbocycles. The molecule has 1 heterocycles. The third-order valence-corrected chi connectivity index (χ3v) is 4.97. The molecule has 12 heteroatoms. The Labute approximate surface area is 191 Å². The van der Waals surface area contributed by atoms with Crippen molar-refractivity contribution in [2.75, 3.05) is 11.6 Å². The zero-order valence-corrected chi connectivity index (χ0v) is 18.2. The lowest BCUT2D eigenvalue weighted by Crippen LogP contribution is -2.35. The zero-order valence-electron chi connectivity index (χ0n) is 18.2. The van der Waals surface area contributed by atoms with E-state index in [1.165, 1.54) is 30.0 Å². The third-order valence-electron chi connectivity index (χ3n) is 4.97. The van der Waals surface area contributed by atoms with Gasteiger partial charge in [-0.2, -0.15) is 22.0 Å². The van der Waals surface area contributed by atoms with Crippen LogP contribution in [0.15, 0.2) is 41.6 Å². The van der Waals surface area contributed by atoms with Gasteiger partial charge in [0.1, 0.15) is 5.75 Å². The molecule has 0 aromatic heterocycles. The van der Waals surface area contributed by atoms with E-state index in [2.05, 4.69) is 5.16 Å². The van der Waals surface area contributed by atoms with Crippen LogP contribution >= 0.6 is 0 Å². The van der Waals surface area contributed by atoms with Crippen molar-refractivity contribution in [1.29, 1.82) is 0 Å². The lowest BCUT2D eigenvalue weighted by molar-refractivity contribution is -0.182. The summed E-state index contributed by atoms with van der Waals surface area (Å²) in [6, 6.07) is 7.02. The van der Waals surface area contributed by atoms with Crippen molar-refractivity contribution in [1.82, 2.24) is 0 Å². The van der Waals surface area contributed by atoms with Crippen LogP contribution < -0.4 is 9.64 Å². The molecule has 184 valence electrons. The number of aryl methyl sites for hydroxylation is 1. The highest BCUT2D eigenvalue weighted by molar-refractivity contribution is 6.11. The second-order valence-electron chi connectivity index (χ2n) is 7.85. The molecule has 0 spiro atoms. The number of aliphatic carboxylic acids is 1. The summed E-state index contributed by atoms with van der Waals surface area (Å²) in [6.07, 6.45) is -7.77. The Kier molecular flexibility index (Phi) is 6.74. The first-order valence-corrected chi connectivity index (χ1v) is 9.99. The van der Waals surface area contributed by atoms with Gasteiger partial charge >= 0.3 is 18.1 Å². The lowest BCUT2D eigenvalue weighted by Gasteiger charge is -2.23. The number of carbonyl (C=O) groups is 1. The van der Waals surface area contributed by atoms with Gasteiger partial charge in [0.2, 0.25) is 0 Å². The van der Waals surface area contributed by atoms with Gasteiger partial charge < -0.3 is 19.8 Å². The molecule has 2 N–H and O–H groups in total. The van der Waals surface area contributed by atoms with Crippen molar-refractivity contribution < 1.29 is 46.5 Å². The monoisotopic (exact) mass is 488 g/mol. The maximum Gasteiger partial charge on any atom is 0.420 e. The molecule has 0 fully saturated rings. The van der Waals surface area contributed by atoms with E-state index in [0.29, 0.717) is 11.1 Å². The first-order chi connectivity index (χ1) is 15.7. The molecule has 1 aliphatic heterocycles. The maximum atomic E-state index is 13.7. The fourth-order valence-electron chi connectivity index (χ4n) is 3.35. The SMILES string of the molecule is Cc1cc(C(O)C(F)(F)C(=O)O)ccc1C1=NOCN1c1ccc(OC(C)C)c(C(F)(F)F)c1. The molecule has 0 radical (unpaired) electrons. The van der Waals surface area contributed by atoms with E-state index in [1.807, 2.05) is 0 Å². The summed E-state index contributed by atoms with van der Waals surface area (Å²) < 4.78 is 73.6. The second kappa shape index (κ2) is 9.09. The Balaban J connectivity index is 1.97. The number of oxime groups is 1. The maximum absolute atomic E-state index is 13.7. The van der Waals surface area contributed by atoms with E-state index >= 15 is 0 Å². The third kappa shape index (κ3) is 4.91. The van der Waals surface area contributed by atoms with Crippen molar-refractivity contribution in [3.05, 3.63) is 58.7 Å². The summed E-state index contributed by atoms with van der Waals surface area (Å²) in [5.41, 5.74) is -0.614. The van der Waals surface area contributed by atoms with Crippen LogP contribution in [0.3, 0.4) is 0 Å². The van der Waals surface area contributed by atoms with Gasteiger partial charge in [0, 0.05) is 11.3 Å². The number of hydrogen-bond acceptors (Lipinski definition) is 6. The van der Waals surface area contributed by atoms with Crippen LogP contribution in [0.2, 0.25) is 0 Å². The van der Waals surface area contributed by atoms with Gasteiger partial charge in [-0.05, 0) is 50.1 Å². The topological polar surface area (TPSA) is 91.6 Å². The summed E-state index contributed by atoms with van der Waals surface area (Å²) in [7, 11) is 0. The smallest absolute Gasteiger partial charge is 0.420 e. The molecule has 3 rings (SSSR count). The average molecular weight is 488 g/mol. The number of amidine groups is 1. The molecule has 1 unspecified atom stereocenters. The normalized spacial score (nSPS) is 15.2. The van der Waals surface area contributed by atoms with E-state index in [4.69, 9.17) is 14.7 Å². The van der Waals surface area contributed by atoms with Crippen molar-refractivity contribution in [3.63, 3.8) is 0 Å². The van der Waals surface area contributed by atoms with Gasteiger partial charge in [0.05, 0.1) is 11.7 Å². The molecule has 2 aromatic rings. The summed E-state index contributed by atoms with van der Waals surface area (Å²) >= 11 is 0. The minimum Gasteiger partial charge on any atom is -0.490 e. The first-order valence-electron chi connectivity index (χ1n) is 9.99. The molecule has 0 amide bonds. The predicted octanol–water partition coefficient (Wildman–Crippen LogP) is 4.71. The van der Waals surface area contributed by atoms with Crippen LogP contribution in [-0.4, -0.2) is 40.8 Å². The Hall–Kier alpha value is -3.41. The van der Waals surface area contributed by atoms with Gasteiger partial charge in [-0.15, -0.1) is 0 Å². The highest BCUT2D eigenvalue weighted by atomic mass is 19.4. The van der Waals surface area contributed by atoms with Crippen LogP contribution in [0, 0.1) is 6.92 Å². The van der Waals surface area contributed by atoms with E-state index in [1.54, 1.807) is 13.8 Å². The summed E-state index contributed by atoms with van der Waals surface area (Å²) in [6.45, 7) is 4.48. The molecular weight excluding hydrogens is 467 g/mol. The van der Waals surface area contributed by atoms with E-state index in [9.17, 15) is 31.9 Å². The minimum absolute atomic E-state index is 0.0978. The number of nitrogens with zero attached hydrogens (tertiary/aromatic N) is 2. The fraction of sp³-hybridized carbons (Fsp3) is 0.364. The number of carboxylic acid groups (broad SMARTS) is 1. The van der Waals surface area contributed by atoms with Gasteiger partial charge in [-0.1, -0.05) is 23.4 Å². The van der Waals surface area contributed by atoms with Crippen LogP contribution in [0.1, 0.15) is 42.2 Å². The summed E-state index contributed by atoms with van der Waals surface area (Å²) in [5, 5.41) is 22.3. The zero-order chi connectivity index (χ0) is 25.4. The van der Waals surface area contributed by atoms with Crippen LogP contribution in [-0.2, 0) is 15.8 Å². The quantitative estimate of drug-likeness (QED) is 0.549. The molecule has 0 saturated heterocycles. The first kappa shape index (κ1) is 25.2. The van der Waals surface area contributed by atoms with Crippen molar-refractivity contribution in [2.24, 2.45) is 5.16 Å². The largest absolute Gasteiger partial charge is 0.490 e. The van der Waals surface area contributed by atoms with Gasteiger partial charge in [0.15, 0.2) is 18.7 Å². The molecule has 0 saturated carbocycles. The molecule has 34 heavy (non-hydrogen) atoms. The number of halogens is 5. The van der Waals surface area contributed by atoms with Crippen LogP contribution in [0.5, 0.6) is 5.75 Å². The van der Waals surface area contributed by atoms with Gasteiger partial charge in [0.25, 0.3) is 0 Å². The predicted molar refractivity (Wildman–Crippen MR) is 111 cm³/mol.